The maximum Gasteiger partial charge on any atom is 0.411 e. The third-order valence-corrected chi connectivity index (χ3v) is 4.29. The Morgan fingerprint density at radius 2 is 1.88 bits per heavy atom. The molecule has 1 amide bonds. The maximum atomic E-state index is 12.7. The Morgan fingerprint density at radius 1 is 1.29 bits per heavy atom. The number of esters is 1. The second-order valence-corrected chi connectivity index (χ2v) is 7.37. The molecule has 0 radical (unpaired) electrons. The molecule has 0 bridgehead atoms. The summed E-state index contributed by atoms with van der Waals surface area (Å²) < 4.78 is 10.7. The molecule has 1 fully saturated rings. The molecular weight excluding hydrogens is 310 g/mol. The van der Waals surface area contributed by atoms with Gasteiger partial charge >= 0.3 is 12.1 Å². The highest BCUT2D eigenvalue weighted by atomic mass is 16.6. The number of nitrogens with zero attached hydrogens (tertiary/aromatic N) is 1. The lowest BCUT2D eigenvalue weighted by molar-refractivity contribution is -0.150. The predicted molar refractivity (Wildman–Crippen MR) is 91.5 cm³/mol. The first-order valence-corrected chi connectivity index (χ1v) is 8.49. The molecule has 0 aromatic heterocycles. The summed E-state index contributed by atoms with van der Waals surface area (Å²) in [5, 5.41) is 9.44. The molecular formula is C18H31NO5. The Labute approximate surface area is 144 Å². The number of amides is 1. The second-order valence-electron chi connectivity index (χ2n) is 7.37. The first kappa shape index (κ1) is 20.5. The van der Waals surface area contributed by atoms with E-state index in [0.717, 1.165) is 5.57 Å². The van der Waals surface area contributed by atoms with E-state index < -0.39 is 23.7 Å². The minimum Gasteiger partial charge on any atom is -0.464 e. The van der Waals surface area contributed by atoms with Gasteiger partial charge in [-0.1, -0.05) is 12.2 Å². The Bertz CT molecular complexity index is 482. The van der Waals surface area contributed by atoms with Gasteiger partial charge in [-0.15, -0.1) is 0 Å². The highest BCUT2D eigenvalue weighted by Gasteiger charge is 2.53. The maximum absolute atomic E-state index is 12.7. The minimum atomic E-state index is -0.774. The zero-order valence-corrected chi connectivity index (χ0v) is 15.7. The third-order valence-electron chi connectivity index (χ3n) is 4.29. The molecule has 0 aliphatic carbocycles. The SMILES string of the molecule is C=C(C)[C@@H]1[C@H](CCO)[C@@H](C(=O)OCC)N(C(=O)OC(C)(C)C)[C@H]1C. The van der Waals surface area contributed by atoms with Gasteiger partial charge in [0.1, 0.15) is 11.6 Å². The molecule has 4 atom stereocenters. The van der Waals surface area contributed by atoms with Crippen LogP contribution in [0.25, 0.3) is 0 Å². The van der Waals surface area contributed by atoms with Gasteiger partial charge in [0, 0.05) is 24.5 Å². The van der Waals surface area contributed by atoms with Crippen LogP contribution < -0.4 is 0 Å². The van der Waals surface area contributed by atoms with Crippen molar-refractivity contribution < 1.29 is 24.2 Å². The molecule has 0 unspecified atom stereocenters. The van der Waals surface area contributed by atoms with Crippen molar-refractivity contribution in [3.63, 3.8) is 0 Å². The molecule has 6 nitrogen and oxygen atoms in total. The van der Waals surface area contributed by atoms with E-state index in [-0.39, 0.29) is 31.1 Å². The lowest BCUT2D eigenvalue weighted by atomic mass is 9.81. The molecule has 0 saturated carbocycles. The van der Waals surface area contributed by atoms with Crippen LogP contribution in [-0.4, -0.2) is 53.0 Å². The van der Waals surface area contributed by atoms with Crippen molar-refractivity contribution in [3.8, 4) is 0 Å². The van der Waals surface area contributed by atoms with E-state index in [1.54, 1.807) is 27.7 Å². The average molecular weight is 341 g/mol. The third kappa shape index (κ3) is 4.50. The normalized spacial score (nSPS) is 27.0. The molecule has 0 aromatic carbocycles. The molecule has 1 aliphatic rings. The molecule has 6 heteroatoms. The van der Waals surface area contributed by atoms with Crippen molar-refractivity contribution in [2.24, 2.45) is 11.8 Å². The number of carbonyl (C=O) groups is 2. The molecule has 0 aromatic rings. The van der Waals surface area contributed by atoms with Crippen molar-refractivity contribution >= 4 is 12.1 Å². The molecule has 138 valence electrons. The number of hydrogen-bond acceptors (Lipinski definition) is 5. The van der Waals surface area contributed by atoms with Gasteiger partial charge < -0.3 is 14.6 Å². The van der Waals surface area contributed by atoms with Crippen LogP contribution in [0.15, 0.2) is 12.2 Å². The van der Waals surface area contributed by atoms with E-state index in [9.17, 15) is 14.7 Å². The van der Waals surface area contributed by atoms with Gasteiger partial charge in [-0.25, -0.2) is 9.59 Å². The molecule has 1 heterocycles. The fourth-order valence-corrected chi connectivity index (χ4v) is 3.56. The Balaban J connectivity index is 3.26. The van der Waals surface area contributed by atoms with Gasteiger partial charge in [0.05, 0.1) is 6.61 Å². The number of likely N-dealkylation sites (tertiary alicyclic amines) is 1. The van der Waals surface area contributed by atoms with Gasteiger partial charge in [0.25, 0.3) is 0 Å². The van der Waals surface area contributed by atoms with Crippen LogP contribution in [0.2, 0.25) is 0 Å². The van der Waals surface area contributed by atoms with Crippen LogP contribution >= 0.6 is 0 Å². The van der Waals surface area contributed by atoms with E-state index >= 15 is 0 Å². The zero-order chi connectivity index (χ0) is 18.7. The standard InChI is InChI=1S/C18H31NO5/c1-8-23-16(21)15-13(9-10-20)14(11(2)3)12(4)19(15)17(22)24-18(5,6)7/h12-15,20H,2,8-10H2,1,3-7H3/t12-,13-,14-,15-/m0/s1. The summed E-state index contributed by atoms with van der Waals surface area (Å²) >= 11 is 0. The summed E-state index contributed by atoms with van der Waals surface area (Å²) in [6.45, 7) is 15.0. The monoisotopic (exact) mass is 341 g/mol. The summed E-state index contributed by atoms with van der Waals surface area (Å²) in [5.74, 6) is -0.800. The number of rotatable bonds is 5. The summed E-state index contributed by atoms with van der Waals surface area (Å²) in [6, 6.07) is -1.04. The zero-order valence-electron chi connectivity index (χ0n) is 15.7. The predicted octanol–water partition coefficient (Wildman–Crippen LogP) is 2.75. The van der Waals surface area contributed by atoms with E-state index in [0.29, 0.717) is 6.42 Å². The summed E-state index contributed by atoms with van der Waals surface area (Å²) in [4.78, 5) is 26.7. The average Bonchev–Trinajstić information content (AvgIpc) is 2.70. The number of aliphatic hydroxyl groups is 1. The highest BCUT2D eigenvalue weighted by molar-refractivity contribution is 5.83. The molecule has 1 N–H and O–H groups in total. The van der Waals surface area contributed by atoms with Crippen LogP contribution in [0.3, 0.4) is 0 Å². The minimum absolute atomic E-state index is 0.0702. The van der Waals surface area contributed by atoms with Crippen molar-refractivity contribution in [2.75, 3.05) is 13.2 Å². The number of aliphatic hydroxyl groups excluding tert-OH is 1. The lowest BCUT2D eigenvalue weighted by Gasteiger charge is -2.31. The first-order chi connectivity index (χ1) is 11.0. The second kappa shape index (κ2) is 8.01. The number of ether oxygens (including phenoxy) is 2. The van der Waals surface area contributed by atoms with Crippen molar-refractivity contribution in [1.82, 2.24) is 4.90 Å². The van der Waals surface area contributed by atoms with Crippen molar-refractivity contribution in [1.29, 1.82) is 0 Å². The summed E-state index contributed by atoms with van der Waals surface area (Å²) in [6.07, 6.45) is -0.148. The van der Waals surface area contributed by atoms with E-state index in [1.807, 2.05) is 13.8 Å². The fraction of sp³-hybridized carbons (Fsp3) is 0.778. The quantitative estimate of drug-likeness (QED) is 0.615. The molecule has 1 aliphatic heterocycles. The summed E-state index contributed by atoms with van der Waals surface area (Å²) in [7, 11) is 0. The van der Waals surface area contributed by atoms with E-state index in [2.05, 4.69) is 6.58 Å². The van der Waals surface area contributed by atoms with Crippen LogP contribution in [0.1, 0.15) is 48.0 Å². The number of hydrogen-bond donors (Lipinski definition) is 1. The molecule has 1 saturated heterocycles. The van der Waals surface area contributed by atoms with Gasteiger partial charge in [-0.05, 0) is 48.0 Å². The van der Waals surface area contributed by atoms with Crippen LogP contribution in [0.5, 0.6) is 0 Å². The Hall–Kier alpha value is -1.56. The van der Waals surface area contributed by atoms with Gasteiger partial charge in [0.2, 0.25) is 0 Å². The van der Waals surface area contributed by atoms with Crippen molar-refractivity contribution in [2.45, 2.75) is 65.6 Å². The Morgan fingerprint density at radius 3 is 2.29 bits per heavy atom. The first-order valence-electron chi connectivity index (χ1n) is 8.49. The highest BCUT2D eigenvalue weighted by Crippen LogP contribution is 2.42. The fourth-order valence-electron chi connectivity index (χ4n) is 3.56. The molecule has 1 rings (SSSR count). The van der Waals surface area contributed by atoms with Crippen LogP contribution in [0.4, 0.5) is 4.79 Å². The lowest BCUT2D eigenvalue weighted by Crippen LogP contribution is -2.48. The Kier molecular flexibility index (Phi) is 6.84. The van der Waals surface area contributed by atoms with E-state index in [4.69, 9.17) is 9.47 Å². The van der Waals surface area contributed by atoms with Gasteiger partial charge in [-0.2, -0.15) is 0 Å². The van der Waals surface area contributed by atoms with Gasteiger partial charge in [0.15, 0.2) is 0 Å². The van der Waals surface area contributed by atoms with E-state index in [1.165, 1.54) is 4.90 Å². The smallest absolute Gasteiger partial charge is 0.411 e. The molecule has 0 spiro atoms. The van der Waals surface area contributed by atoms with Crippen molar-refractivity contribution in [3.05, 3.63) is 12.2 Å². The van der Waals surface area contributed by atoms with Crippen LogP contribution in [-0.2, 0) is 14.3 Å². The molecule has 24 heavy (non-hydrogen) atoms. The topological polar surface area (TPSA) is 76.1 Å². The largest absolute Gasteiger partial charge is 0.464 e. The number of carbonyl (C=O) groups excluding carboxylic acids is 2. The summed E-state index contributed by atoms with van der Waals surface area (Å²) in [5.41, 5.74) is 0.213. The van der Waals surface area contributed by atoms with Gasteiger partial charge in [-0.3, -0.25) is 4.90 Å². The van der Waals surface area contributed by atoms with Crippen LogP contribution in [0, 0.1) is 11.8 Å².